The van der Waals surface area contributed by atoms with Gasteiger partial charge >= 0.3 is 0 Å². The number of aromatic amines is 1. The van der Waals surface area contributed by atoms with E-state index in [1.807, 2.05) is 0 Å². The largest absolute Gasteiger partial charge is 0.394 e. The van der Waals surface area contributed by atoms with Crippen molar-refractivity contribution >= 4 is 28.8 Å². The number of imidazole rings is 1. The van der Waals surface area contributed by atoms with Crippen molar-refractivity contribution < 1.29 is 39.9 Å². The Labute approximate surface area is 263 Å². The summed E-state index contributed by atoms with van der Waals surface area (Å²) in [6.45, 7) is 0.946. The summed E-state index contributed by atoms with van der Waals surface area (Å²) in [4.78, 5) is 40.0. The third-order valence-corrected chi connectivity index (χ3v) is 8.14. The third kappa shape index (κ3) is 11.4. The number of aliphatic hydroxyl groups is 5. The minimum Gasteiger partial charge on any atom is -0.394 e. The number of amides is 2. The van der Waals surface area contributed by atoms with Gasteiger partial charge in [0, 0.05) is 0 Å². The van der Waals surface area contributed by atoms with E-state index in [-0.39, 0.29) is 12.2 Å². The lowest BCUT2D eigenvalue weighted by Crippen LogP contribution is -2.68. The number of aliphatic hydroxyl groups excluding tert-OH is 5. The van der Waals surface area contributed by atoms with E-state index in [1.165, 1.54) is 64.0 Å². The SMILES string of the molecule is CCCCCCCCCCCCCC[C@@H](O)C(=O)NCC(=O)N[C@@H]1[C@@H](O)[C@@H](O)[C@@H](Nc2ncnc3nc[nH]c23)O[C@H]1[C@@H](O)CO. The number of hydrogen-bond acceptors (Lipinski definition) is 12. The Morgan fingerprint density at radius 3 is 2.22 bits per heavy atom. The van der Waals surface area contributed by atoms with E-state index in [2.05, 4.69) is 42.8 Å². The van der Waals surface area contributed by atoms with Crippen LogP contribution in [0.15, 0.2) is 12.7 Å². The minimum absolute atomic E-state index is 0.207. The molecule has 254 valence electrons. The molecule has 2 amide bonds. The first-order chi connectivity index (χ1) is 21.8. The molecule has 0 aliphatic carbocycles. The number of nitrogens with one attached hydrogen (secondary N) is 4. The molecule has 2 aromatic rings. The lowest BCUT2D eigenvalue weighted by Gasteiger charge is -2.44. The van der Waals surface area contributed by atoms with E-state index < -0.39 is 67.8 Å². The highest BCUT2D eigenvalue weighted by molar-refractivity contribution is 5.87. The summed E-state index contributed by atoms with van der Waals surface area (Å²) in [6.07, 6.45) is 8.31. The highest BCUT2D eigenvalue weighted by atomic mass is 16.5. The average Bonchev–Trinajstić information content (AvgIpc) is 3.53. The van der Waals surface area contributed by atoms with Crippen LogP contribution in [0.5, 0.6) is 0 Å². The van der Waals surface area contributed by atoms with Gasteiger partial charge in [-0.2, -0.15) is 0 Å². The van der Waals surface area contributed by atoms with Crippen molar-refractivity contribution in [3.05, 3.63) is 12.7 Å². The van der Waals surface area contributed by atoms with E-state index in [4.69, 9.17) is 4.74 Å². The van der Waals surface area contributed by atoms with Crippen LogP contribution in [0.3, 0.4) is 0 Å². The molecule has 45 heavy (non-hydrogen) atoms. The number of ether oxygens (including phenoxy) is 1. The smallest absolute Gasteiger partial charge is 0.249 e. The first-order valence-electron chi connectivity index (χ1n) is 16.2. The fourth-order valence-corrected chi connectivity index (χ4v) is 5.48. The summed E-state index contributed by atoms with van der Waals surface area (Å²) >= 11 is 0. The van der Waals surface area contributed by atoms with Crippen molar-refractivity contribution in [3.63, 3.8) is 0 Å². The Bertz CT molecular complexity index is 1150. The van der Waals surface area contributed by atoms with Crippen LogP contribution in [0.25, 0.3) is 11.2 Å². The fraction of sp³-hybridized carbons (Fsp3) is 0.767. The Morgan fingerprint density at radius 2 is 1.58 bits per heavy atom. The molecule has 1 fully saturated rings. The molecule has 0 spiro atoms. The molecule has 2 aromatic heterocycles. The van der Waals surface area contributed by atoms with Crippen molar-refractivity contribution in [2.45, 2.75) is 133 Å². The molecule has 9 N–H and O–H groups in total. The monoisotopic (exact) mass is 637 g/mol. The number of aromatic nitrogens is 4. The number of carbonyl (C=O) groups excluding carboxylic acids is 2. The van der Waals surface area contributed by atoms with Crippen LogP contribution in [-0.2, 0) is 14.3 Å². The van der Waals surface area contributed by atoms with Crippen LogP contribution in [0.2, 0.25) is 0 Å². The van der Waals surface area contributed by atoms with E-state index in [0.29, 0.717) is 17.6 Å². The topological polar surface area (TPSA) is 235 Å². The van der Waals surface area contributed by atoms with Gasteiger partial charge in [-0.3, -0.25) is 9.59 Å². The van der Waals surface area contributed by atoms with Crippen molar-refractivity contribution in [3.8, 4) is 0 Å². The number of rotatable bonds is 21. The zero-order valence-corrected chi connectivity index (χ0v) is 26.1. The number of nitrogens with zero attached hydrogens (tertiary/aromatic N) is 3. The average molecular weight is 638 g/mol. The van der Waals surface area contributed by atoms with E-state index in [9.17, 15) is 35.1 Å². The van der Waals surface area contributed by atoms with Crippen LogP contribution >= 0.6 is 0 Å². The van der Waals surface area contributed by atoms with Gasteiger partial charge in [-0.25, -0.2) is 15.0 Å². The predicted molar refractivity (Wildman–Crippen MR) is 166 cm³/mol. The third-order valence-electron chi connectivity index (χ3n) is 8.14. The van der Waals surface area contributed by atoms with Crippen LogP contribution < -0.4 is 16.0 Å². The predicted octanol–water partition coefficient (Wildman–Crippen LogP) is 0.618. The summed E-state index contributed by atoms with van der Waals surface area (Å²) in [5.74, 6) is -1.24. The van der Waals surface area contributed by atoms with E-state index in [1.54, 1.807) is 0 Å². The molecule has 0 saturated carbocycles. The zero-order valence-electron chi connectivity index (χ0n) is 26.1. The van der Waals surface area contributed by atoms with Crippen molar-refractivity contribution in [1.82, 2.24) is 30.6 Å². The van der Waals surface area contributed by atoms with Crippen LogP contribution in [0.4, 0.5) is 5.82 Å². The summed E-state index contributed by atoms with van der Waals surface area (Å²) < 4.78 is 5.77. The molecule has 3 heterocycles. The second kappa shape index (κ2) is 19.5. The molecule has 15 heteroatoms. The second-order valence-electron chi connectivity index (χ2n) is 11.7. The maximum atomic E-state index is 12.7. The Kier molecular flexibility index (Phi) is 15.9. The first-order valence-corrected chi connectivity index (χ1v) is 16.2. The van der Waals surface area contributed by atoms with Gasteiger partial charge < -0.3 is 51.2 Å². The number of anilines is 1. The van der Waals surface area contributed by atoms with Gasteiger partial charge in [0.25, 0.3) is 0 Å². The molecule has 0 unspecified atom stereocenters. The maximum absolute atomic E-state index is 12.7. The molecule has 1 saturated heterocycles. The lowest BCUT2D eigenvalue weighted by atomic mass is 9.92. The zero-order chi connectivity index (χ0) is 32.6. The fourth-order valence-electron chi connectivity index (χ4n) is 5.48. The molecule has 7 atom stereocenters. The number of unbranched alkanes of at least 4 members (excludes halogenated alkanes) is 11. The van der Waals surface area contributed by atoms with Crippen LogP contribution in [-0.4, -0.2) is 113 Å². The van der Waals surface area contributed by atoms with E-state index >= 15 is 0 Å². The Hall–Kier alpha value is -2.95. The van der Waals surface area contributed by atoms with Crippen molar-refractivity contribution in [2.75, 3.05) is 18.5 Å². The van der Waals surface area contributed by atoms with Gasteiger partial charge in [0.1, 0.15) is 42.4 Å². The van der Waals surface area contributed by atoms with Gasteiger partial charge in [-0.15, -0.1) is 0 Å². The van der Waals surface area contributed by atoms with Gasteiger partial charge in [-0.1, -0.05) is 84.0 Å². The quantitative estimate of drug-likeness (QED) is 0.0857. The maximum Gasteiger partial charge on any atom is 0.249 e. The summed E-state index contributed by atoms with van der Waals surface area (Å²) in [7, 11) is 0. The number of H-pyrrole nitrogens is 1. The lowest BCUT2D eigenvalue weighted by molar-refractivity contribution is -0.204. The Balaban J connectivity index is 1.38. The molecule has 0 radical (unpaired) electrons. The number of carbonyl (C=O) groups is 2. The molecular formula is C30H51N7O8. The van der Waals surface area contributed by atoms with Gasteiger partial charge in [0.15, 0.2) is 17.7 Å². The minimum atomic E-state index is -1.64. The van der Waals surface area contributed by atoms with Crippen molar-refractivity contribution in [1.29, 1.82) is 0 Å². The van der Waals surface area contributed by atoms with Gasteiger partial charge in [-0.05, 0) is 6.42 Å². The molecule has 3 rings (SSSR count). The molecule has 0 aromatic carbocycles. The van der Waals surface area contributed by atoms with Gasteiger partial charge in [0.2, 0.25) is 11.8 Å². The molecular weight excluding hydrogens is 586 g/mol. The molecule has 15 nitrogen and oxygen atoms in total. The van der Waals surface area contributed by atoms with Crippen molar-refractivity contribution in [2.24, 2.45) is 0 Å². The van der Waals surface area contributed by atoms with Crippen LogP contribution in [0, 0.1) is 0 Å². The normalized spacial score (nSPS) is 23.0. The van der Waals surface area contributed by atoms with Gasteiger partial charge in [0.05, 0.1) is 25.5 Å². The summed E-state index contributed by atoms with van der Waals surface area (Å²) in [5, 5.41) is 59.5. The summed E-state index contributed by atoms with van der Waals surface area (Å²) in [6, 6.07) is -1.34. The standard InChI is InChI=1S/C30H51N7O8/c1-2-3-4-5-6-7-8-9-10-11-12-13-14-19(39)29(44)31-15-21(41)36-22-24(42)25(43)30(45-26(22)20(40)16-38)37-28-23-27(33-17-32-23)34-18-35-28/h17-20,22,24-26,30,38-40,42-43H,2-16H2,1H3,(H,31,44)(H,36,41)(H2,32,33,34,35,37)/t19-,20+,22-,24-,25-,26+,30+/m1/s1. The highest BCUT2D eigenvalue weighted by Gasteiger charge is 2.48. The first kappa shape index (κ1) is 36.5. The molecule has 1 aliphatic rings. The van der Waals surface area contributed by atoms with Crippen LogP contribution in [0.1, 0.15) is 90.4 Å². The Morgan fingerprint density at radius 1 is 0.933 bits per heavy atom. The molecule has 0 bridgehead atoms. The number of fused-ring (bicyclic) bond motifs is 1. The molecule has 1 aliphatic heterocycles. The van der Waals surface area contributed by atoms with E-state index in [0.717, 1.165) is 19.3 Å². The highest BCUT2D eigenvalue weighted by Crippen LogP contribution is 2.26. The number of hydrogen-bond donors (Lipinski definition) is 9. The summed E-state index contributed by atoms with van der Waals surface area (Å²) in [5.41, 5.74) is 0.755. The second-order valence-corrected chi connectivity index (χ2v) is 11.7.